The summed E-state index contributed by atoms with van der Waals surface area (Å²) < 4.78 is 0. The van der Waals surface area contributed by atoms with Gasteiger partial charge in [0, 0.05) is 13.0 Å². The van der Waals surface area contributed by atoms with Gasteiger partial charge in [-0.3, -0.25) is 14.5 Å². The van der Waals surface area contributed by atoms with Gasteiger partial charge in [0.15, 0.2) is 0 Å². The van der Waals surface area contributed by atoms with E-state index in [1.807, 2.05) is 0 Å². The molecule has 1 heterocycles. The third-order valence-corrected chi connectivity index (χ3v) is 1.51. The van der Waals surface area contributed by atoms with Gasteiger partial charge in [-0.05, 0) is 12.5 Å². The molecule has 0 N–H and O–H groups in total. The Kier molecular flexibility index (Phi) is 4.52. The number of hydrogen-bond donors (Lipinski definition) is 0. The van der Waals surface area contributed by atoms with Crippen LogP contribution in [0.3, 0.4) is 0 Å². The number of imide groups is 1. The van der Waals surface area contributed by atoms with E-state index in [-0.39, 0.29) is 38.4 Å². The van der Waals surface area contributed by atoms with Crippen LogP contribution in [0.5, 0.6) is 0 Å². The van der Waals surface area contributed by atoms with Crippen molar-refractivity contribution < 1.29 is 9.59 Å². The molecule has 0 saturated carbocycles. The van der Waals surface area contributed by atoms with Crippen molar-refractivity contribution in [2.75, 3.05) is 6.54 Å². The first kappa shape index (κ1) is 10.8. The van der Waals surface area contributed by atoms with Crippen molar-refractivity contribution in [3.05, 3.63) is 12.7 Å². The fourth-order valence-electron chi connectivity index (χ4n) is 0.991. The molecule has 0 aromatic rings. The third-order valence-electron chi connectivity index (χ3n) is 1.51. The number of carbonyl (C=O) groups excluding carboxylic acids is 2. The molecule has 11 heavy (non-hydrogen) atoms. The van der Waals surface area contributed by atoms with Gasteiger partial charge in [-0.15, -0.1) is 0 Å². The predicted octanol–water partition coefficient (Wildman–Crippen LogP) is -0.595. The first-order chi connectivity index (χ1) is 4.75. The Balaban J connectivity index is 0.000001000. The number of nitrogens with zero attached hydrogens (tertiary/aromatic N) is 1. The summed E-state index contributed by atoms with van der Waals surface area (Å²) in [6.07, 6.45) is 2.46. The fourth-order valence-corrected chi connectivity index (χ4v) is 0.991. The molecule has 0 bridgehead atoms. The van der Waals surface area contributed by atoms with Crippen LogP contribution in [0.25, 0.3) is 0 Å². The van der Waals surface area contributed by atoms with Gasteiger partial charge >= 0.3 is 26.6 Å². The first-order valence-electron chi connectivity index (χ1n) is 3.22. The Morgan fingerprint density at radius 2 is 2.27 bits per heavy atom. The van der Waals surface area contributed by atoms with E-state index in [1.165, 1.54) is 11.0 Å². The van der Waals surface area contributed by atoms with E-state index in [0.29, 0.717) is 13.0 Å². The zero-order valence-electron chi connectivity index (χ0n) is 6.17. The molecule has 0 aromatic carbocycles. The third kappa shape index (κ3) is 2.38. The van der Waals surface area contributed by atoms with Crippen LogP contribution in [0, 0.1) is 0 Å². The van der Waals surface area contributed by atoms with Crippen molar-refractivity contribution in [3.63, 3.8) is 0 Å². The quantitative estimate of drug-likeness (QED) is 0.593. The molecule has 62 valence electrons. The molecule has 0 unspecified atom stereocenters. The zero-order valence-corrected chi connectivity index (χ0v) is 10.1. The van der Waals surface area contributed by atoms with Crippen LogP contribution in [0.15, 0.2) is 12.7 Å². The second-order valence-corrected chi connectivity index (χ2v) is 2.19. The van der Waals surface area contributed by atoms with Gasteiger partial charge in [0.25, 0.3) is 5.91 Å². The predicted molar refractivity (Wildman–Crippen MR) is 44.7 cm³/mol. The summed E-state index contributed by atoms with van der Waals surface area (Å²) in [7, 11) is 0. The summed E-state index contributed by atoms with van der Waals surface area (Å²) in [5, 5.41) is 0. The van der Waals surface area contributed by atoms with Crippen molar-refractivity contribution in [1.82, 2.24) is 4.90 Å². The molecule has 0 aromatic heterocycles. The summed E-state index contributed by atoms with van der Waals surface area (Å²) in [5.41, 5.74) is 0. The average molecular weight is 350 g/mol. The van der Waals surface area contributed by atoms with Gasteiger partial charge in [-0.1, -0.05) is 6.58 Å². The molecule has 3 nitrogen and oxygen atoms in total. The summed E-state index contributed by atoms with van der Waals surface area (Å²) in [6.45, 7) is 3.86. The molecule has 1 aliphatic heterocycles. The van der Waals surface area contributed by atoms with E-state index >= 15 is 0 Å². The van der Waals surface area contributed by atoms with Crippen molar-refractivity contribution in [2.24, 2.45) is 0 Å². The minimum atomic E-state index is -0.275. The Hall–Kier alpha value is -0.224. The van der Waals surface area contributed by atoms with Crippen LogP contribution in [0.2, 0.25) is 0 Å². The summed E-state index contributed by atoms with van der Waals surface area (Å²) in [5.74, 6) is -0.354. The van der Waals surface area contributed by atoms with E-state index in [0.717, 1.165) is 6.42 Å². The number of hydrogen-bond acceptors (Lipinski definition) is 2. The van der Waals surface area contributed by atoms with E-state index < -0.39 is 0 Å². The fraction of sp³-hybridized carbons (Fsp3) is 0.429. The van der Waals surface area contributed by atoms with Crippen molar-refractivity contribution >= 4 is 38.4 Å². The molecule has 1 aliphatic rings. The van der Waals surface area contributed by atoms with Crippen molar-refractivity contribution in [1.29, 1.82) is 0 Å². The molecular weight excluding hydrogens is 339 g/mol. The molecule has 4 heteroatoms. The summed E-state index contributed by atoms with van der Waals surface area (Å²) in [4.78, 5) is 22.9. The van der Waals surface area contributed by atoms with Crippen LogP contribution in [-0.4, -0.2) is 49.8 Å². The monoisotopic (exact) mass is 350 g/mol. The number of carbonyl (C=O) groups is 2. The van der Waals surface area contributed by atoms with Crippen LogP contribution in [0.4, 0.5) is 0 Å². The van der Waals surface area contributed by atoms with Gasteiger partial charge in [-0.2, -0.15) is 0 Å². The van der Waals surface area contributed by atoms with Gasteiger partial charge in [0.1, 0.15) is 0 Å². The maximum atomic E-state index is 10.8. The summed E-state index contributed by atoms with van der Waals surface area (Å²) >= 11 is 0. The standard InChI is InChI=1S/C7H9NO2.Po.2H/c1-2-6(9)8-5-3-4-7(8)10;;;/h2H,1,3-5H2;;;. The Bertz CT molecular complexity index is 191. The Morgan fingerprint density at radius 3 is 2.64 bits per heavy atom. The minimum absolute atomic E-state index is 0. The molecule has 1 fully saturated rings. The van der Waals surface area contributed by atoms with Crippen molar-refractivity contribution in [3.8, 4) is 0 Å². The number of likely N-dealkylation sites (tertiary alicyclic amines) is 1. The Labute approximate surface area is 84.9 Å². The van der Waals surface area contributed by atoms with E-state index in [9.17, 15) is 9.59 Å². The van der Waals surface area contributed by atoms with Gasteiger partial charge in [0.2, 0.25) is 5.91 Å². The van der Waals surface area contributed by atoms with Crippen LogP contribution in [0.1, 0.15) is 12.8 Å². The van der Waals surface area contributed by atoms with Gasteiger partial charge in [-0.25, -0.2) is 0 Å². The molecule has 0 aliphatic carbocycles. The zero-order chi connectivity index (χ0) is 7.56. The van der Waals surface area contributed by atoms with E-state index in [1.54, 1.807) is 0 Å². The maximum absolute atomic E-state index is 10.8. The molecule has 1 saturated heterocycles. The second kappa shape index (κ2) is 4.61. The molecule has 0 spiro atoms. The topological polar surface area (TPSA) is 37.4 Å². The normalized spacial score (nSPS) is 16.0. The SMILES string of the molecule is C=CC(=O)N1CCCC1=O.[PoH2]. The molecule has 2 amide bonds. The van der Waals surface area contributed by atoms with Crippen LogP contribution < -0.4 is 0 Å². The van der Waals surface area contributed by atoms with Gasteiger partial charge in [0.05, 0.1) is 0 Å². The van der Waals surface area contributed by atoms with E-state index in [4.69, 9.17) is 0 Å². The van der Waals surface area contributed by atoms with Gasteiger partial charge < -0.3 is 0 Å². The van der Waals surface area contributed by atoms with Crippen LogP contribution in [-0.2, 0) is 9.59 Å². The average Bonchev–Trinajstić information content (AvgIpc) is 2.34. The van der Waals surface area contributed by atoms with Crippen LogP contribution >= 0.6 is 0 Å². The molecular formula is C7H11NO2Po. The number of rotatable bonds is 1. The molecule has 0 radical (unpaired) electrons. The Morgan fingerprint density at radius 1 is 1.64 bits per heavy atom. The summed E-state index contributed by atoms with van der Waals surface area (Å²) in [6, 6.07) is 0. The number of amides is 2. The van der Waals surface area contributed by atoms with Crippen molar-refractivity contribution in [2.45, 2.75) is 12.8 Å². The molecule has 0 atom stereocenters. The molecule has 1 rings (SSSR count). The second-order valence-electron chi connectivity index (χ2n) is 2.19. The first-order valence-corrected chi connectivity index (χ1v) is 3.22. The van der Waals surface area contributed by atoms with E-state index in [2.05, 4.69) is 6.58 Å².